The number of anilines is 1. The molecule has 1 heterocycles. The van der Waals surface area contributed by atoms with Crippen molar-refractivity contribution in [2.24, 2.45) is 5.92 Å². The van der Waals surface area contributed by atoms with Crippen LogP contribution in [0.25, 0.3) is 0 Å². The van der Waals surface area contributed by atoms with E-state index < -0.39 is 0 Å². The van der Waals surface area contributed by atoms with Gasteiger partial charge in [-0.15, -0.1) is 0 Å². The van der Waals surface area contributed by atoms with E-state index in [1.807, 2.05) is 0 Å². The van der Waals surface area contributed by atoms with Gasteiger partial charge in [-0.3, -0.25) is 0 Å². The van der Waals surface area contributed by atoms with Gasteiger partial charge in [0.2, 0.25) is 0 Å². The number of hydrogen-bond donors (Lipinski definition) is 2. The highest BCUT2D eigenvalue weighted by Gasteiger charge is 2.34. The van der Waals surface area contributed by atoms with Crippen molar-refractivity contribution in [1.29, 1.82) is 0 Å². The Labute approximate surface area is 129 Å². The molecule has 2 aliphatic rings. The lowest BCUT2D eigenvalue weighted by Gasteiger charge is -2.33. The second kappa shape index (κ2) is 6.83. The predicted molar refractivity (Wildman–Crippen MR) is 90.9 cm³/mol. The van der Waals surface area contributed by atoms with Crippen LogP contribution in [-0.2, 0) is 0 Å². The van der Waals surface area contributed by atoms with E-state index in [-0.39, 0.29) is 0 Å². The molecule has 1 aliphatic carbocycles. The minimum atomic E-state index is 0.615. The van der Waals surface area contributed by atoms with E-state index in [1.54, 1.807) is 0 Å². The average molecular weight is 286 g/mol. The molecule has 3 rings (SSSR count). The van der Waals surface area contributed by atoms with E-state index in [0.29, 0.717) is 12.0 Å². The van der Waals surface area contributed by atoms with Crippen molar-refractivity contribution in [2.75, 3.05) is 11.9 Å². The number of benzene rings is 1. The van der Waals surface area contributed by atoms with E-state index in [9.17, 15) is 0 Å². The van der Waals surface area contributed by atoms with Crippen LogP contribution in [0.15, 0.2) is 24.3 Å². The van der Waals surface area contributed by atoms with Gasteiger partial charge in [0.05, 0.1) is 0 Å². The van der Waals surface area contributed by atoms with Gasteiger partial charge in [-0.1, -0.05) is 38.8 Å². The van der Waals surface area contributed by atoms with Crippen molar-refractivity contribution in [2.45, 2.75) is 70.4 Å². The van der Waals surface area contributed by atoms with Crippen molar-refractivity contribution in [3.05, 3.63) is 29.8 Å². The second-order valence-electron chi connectivity index (χ2n) is 7.18. The largest absolute Gasteiger partial charge is 0.382 e. The van der Waals surface area contributed by atoms with Gasteiger partial charge in [0.1, 0.15) is 0 Å². The zero-order chi connectivity index (χ0) is 14.7. The molecule has 2 nitrogen and oxygen atoms in total. The Balaban J connectivity index is 1.62. The molecular formula is C19H30N2. The fourth-order valence-electron chi connectivity index (χ4n) is 4.07. The van der Waals surface area contributed by atoms with Gasteiger partial charge in [0.25, 0.3) is 0 Å². The molecule has 0 aromatic heterocycles. The van der Waals surface area contributed by atoms with Crippen LogP contribution in [0.4, 0.5) is 5.69 Å². The first-order valence-corrected chi connectivity index (χ1v) is 8.84. The van der Waals surface area contributed by atoms with E-state index in [2.05, 4.69) is 48.7 Å². The smallest absolute Gasteiger partial charge is 0.0342 e. The Morgan fingerprint density at radius 3 is 2.48 bits per heavy atom. The minimum absolute atomic E-state index is 0.615. The van der Waals surface area contributed by atoms with Crippen molar-refractivity contribution in [1.82, 2.24) is 5.32 Å². The molecule has 0 radical (unpaired) electrons. The molecule has 2 fully saturated rings. The molecule has 2 N–H and O–H groups in total. The van der Waals surface area contributed by atoms with Crippen LogP contribution < -0.4 is 10.6 Å². The van der Waals surface area contributed by atoms with E-state index in [0.717, 1.165) is 12.0 Å². The Kier molecular flexibility index (Phi) is 4.84. The molecule has 0 amide bonds. The molecule has 1 aromatic rings. The summed E-state index contributed by atoms with van der Waals surface area (Å²) in [5, 5.41) is 7.58. The van der Waals surface area contributed by atoms with Gasteiger partial charge < -0.3 is 10.6 Å². The number of hydrogen-bond acceptors (Lipinski definition) is 2. The third-order valence-electron chi connectivity index (χ3n) is 5.36. The first kappa shape index (κ1) is 14.9. The predicted octanol–water partition coefficient (Wildman–Crippen LogP) is 4.53. The summed E-state index contributed by atoms with van der Waals surface area (Å²) < 4.78 is 0. The zero-order valence-corrected chi connectivity index (χ0v) is 13.6. The van der Waals surface area contributed by atoms with Gasteiger partial charge in [-0.25, -0.2) is 0 Å². The summed E-state index contributed by atoms with van der Waals surface area (Å²) >= 11 is 0. The summed E-state index contributed by atoms with van der Waals surface area (Å²) in [5.74, 6) is 1.43. The lowest BCUT2D eigenvalue weighted by atomic mass is 9.88. The minimum Gasteiger partial charge on any atom is -0.382 e. The molecule has 2 heteroatoms. The molecule has 1 saturated carbocycles. The van der Waals surface area contributed by atoms with Crippen LogP contribution in [0.5, 0.6) is 0 Å². The first-order valence-electron chi connectivity index (χ1n) is 8.84. The van der Waals surface area contributed by atoms with Gasteiger partial charge in [0.15, 0.2) is 0 Å². The van der Waals surface area contributed by atoms with Crippen molar-refractivity contribution in [3.63, 3.8) is 0 Å². The van der Waals surface area contributed by atoms with Crippen LogP contribution >= 0.6 is 0 Å². The van der Waals surface area contributed by atoms with Gasteiger partial charge in [-0.05, 0) is 61.8 Å². The molecule has 116 valence electrons. The van der Waals surface area contributed by atoms with Crippen LogP contribution in [0.1, 0.15) is 63.9 Å². The Morgan fingerprint density at radius 2 is 1.81 bits per heavy atom. The molecule has 3 atom stereocenters. The summed E-state index contributed by atoms with van der Waals surface area (Å²) in [5.41, 5.74) is 2.73. The lowest BCUT2D eigenvalue weighted by Crippen LogP contribution is -2.44. The molecule has 0 bridgehead atoms. The van der Waals surface area contributed by atoms with E-state index in [1.165, 1.54) is 56.3 Å². The molecule has 3 unspecified atom stereocenters. The Morgan fingerprint density at radius 1 is 1.00 bits per heavy atom. The summed E-state index contributed by atoms with van der Waals surface area (Å²) in [6, 6.07) is 10.5. The highest BCUT2D eigenvalue weighted by atomic mass is 15.0. The third-order valence-corrected chi connectivity index (χ3v) is 5.36. The normalized spacial score (nSPS) is 29.8. The number of rotatable bonds is 4. The monoisotopic (exact) mass is 286 g/mol. The van der Waals surface area contributed by atoms with Gasteiger partial charge in [0, 0.05) is 17.8 Å². The van der Waals surface area contributed by atoms with E-state index in [4.69, 9.17) is 0 Å². The average Bonchev–Trinajstić information content (AvgIpc) is 2.97. The Hall–Kier alpha value is -1.02. The quantitative estimate of drug-likeness (QED) is 0.849. The summed E-state index contributed by atoms with van der Waals surface area (Å²) in [6.07, 6.45) is 8.23. The molecule has 1 aliphatic heterocycles. The van der Waals surface area contributed by atoms with Crippen molar-refractivity contribution >= 4 is 5.69 Å². The standard InChI is InChI=1S/C19H30N2/c1-14(2)15-9-11-16(12-10-15)21-19-8-5-6-17(19)18-7-3-4-13-20-18/h9-12,14,17-21H,3-8,13H2,1-2H3. The maximum Gasteiger partial charge on any atom is 0.0342 e. The number of nitrogens with one attached hydrogen (secondary N) is 2. The molecule has 1 aromatic carbocycles. The van der Waals surface area contributed by atoms with E-state index >= 15 is 0 Å². The zero-order valence-electron chi connectivity index (χ0n) is 13.6. The topological polar surface area (TPSA) is 24.1 Å². The molecule has 0 spiro atoms. The van der Waals surface area contributed by atoms with Crippen molar-refractivity contribution in [3.8, 4) is 0 Å². The van der Waals surface area contributed by atoms with Crippen LogP contribution in [0.3, 0.4) is 0 Å². The fraction of sp³-hybridized carbons (Fsp3) is 0.684. The SMILES string of the molecule is CC(C)c1ccc(NC2CCCC2C2CCCCN2)cc1. The van der Waals surface area contributed by atoms with Crippen LogP contribution in [-0.4, -0.2) is 18.6 Å². The molecule has 21 heavy (non-hydrogen) atoms. The van der Waals surface area contributed by atoms with Gasteiger partial charge >= 0.3 is 0 Å². The van der Waals surface area contributed by atoms with Crippen LogP contribution in [0, 0.1) is 5.92 Å². The van der Waals surface area contributed by atoms with Gasteiger partial charge in [-0.2, -0.15) is 0 Å². The molecule has 1 saturated heterocycles. The lowest BCUT2D eigenvalue weighted by molar-refractivity contribution is 0.286. The van der Waals surface area contributed by atoms with Crippen LogP contribution in [0.2, 0.25) is 0 Å². The first-order chi connectivity index (χ1) is 10.2. The number of piperidine rings is 1. The summed E-state index contributed by atoms with van der Waals surface area (Å²) in [7, 11) is 0. The summed E-state index contributed by atoms with van der Waals surface area (Å²) in [4.78, 5) is 0. The second-order valence-corrected chi connectivity index (χ2v) is 7.18. The Bertz CT molecular complexity index is 431. The van der Waals surface area contributed by atoms with Crippen molar-refractivity contribution < 1.29 is 0 Å². The molecular weight excluding hydrogens is 256 g/mol. The maximum absolute atomic E-state index is 3.81. The summed E-state index contributed by atoms with van der Waals surface area (Å²) in [6.45, 7) is 5.73. The highest BCUT2D eigenvalue weighted by molar-refractivity contribution is 5.46. The fourth-order valence-corrected chi connectivity index (χ4v) is 4.07. The third kappa shape index (κ3) is 3.60. The highest BCUT2D eigenvalue weighted by Crippen LogP contribution is 2.34. The maximum atomic E-state index is 3.81.